The van der Waals surface area contributed by atoms with E-state index in [0.717, 1.165) is 24.0 Å². The third-order valence-electron chi connectivity index (χ3n) is 5.25. The molecule has 1 fully saturated rings. The van der Waals surface area contributed by atoms with Crippen LogP contribution in [0.15, 0.2) is 28.8 Å². The minimum absolute atomic E-state index is 0.110. The average Bonchev–Trinajstić information content (AvgIpc) is 3.14. The summed E-state index contributed by atoms with van der Waals surface area (Å²) < 4.78 is 10.7. The maximum Gasteiger partial charge on any atom is 0.408 e. The van der Waals surface area contributed by atoms with Crippen LogP contribution in [0.1, 0.15) is 52.0 Å². The molecule has 1 aliphatic heterocycles. The number of aromatic nitrogens is 2. The summed E-state index contributed by atoms with van der Waals surface area (Å²) in [5.41, 5.74) is 1.44. The van der Waals surface area contributed by atoms with Gasteiger partial charge in [0.15, 0.2) is 0 Å². The molecule has 1 aliphatic rings. The lowest BCUT2D eigenvalue weighted by atomic mass is 9.94. The van der Waals surface area contributed by atoms with E-state index in [0.29, 0.717) is 31.2 Å². The Labute approximate surface area is 183 Å². The van der Waals surface area contributed by atoms with Crippen LogP contribution in [0.25, 0.3) is 11.4 Å². The summed E-state index contributed by atoms with van der Waals surface area (Å²) in [6.07, 6.45) is 1.92. The molecular weight excluding hydrogens is 396 g/mol. The molecule has 168 valence electrons. The van der Waals surface area contributed by atoms with Gasteiger partial charge in [0, 0.05) is 25.1 Å². The van der Waals surface area contributed by atoms with Crippen LogP contribution in [-0.4, -0.2) is 51.8 Å². The van der Waals surface area contributed by atoms with Crippen molar-refractivity contribution in [3.05, 3.63) is 35.7 Å². The Bertz CT molecular complexity index is 918. The van der Waals surface area contributed by atoms with Gasteiger partial charge < -0.3 is 19.5 Å². The van der Waals surface area contributed by atoms with Gasteiger partial charge in [-0.3, -0.25) is 4.79 Å². The van der Waals surface area contributed by atoms with Crippen LogP contribution in [-0.2, 0) is 16.0 Å². The van der Waals surface area contributed by atoms with Crippen molar-refractivity contribution >= 4 is 12.0 Å². The van der Waals surface area contributed by atoms with E-state index in [1.165, 1.54) is 0 Å². The molecule has 1 saturated heterocycles. The minimum atomic E-state index is -0.648. The molecule has 8 nitrogen and oxygen atoms in total. The monoisotopic (exact) mass is 428 g/mol. The molecule has 0 spiro atoms. The maximum atomic E-state index is 12.8. The lowest BCUT2D eigenvalue weighted by molar-refractivity contribution is -0.134. The molecule has 1 aromatic heterocycles. The lowest BCUT2D eigenvalue weighted by Gasteiger charge is -2.34. The highest BCUT2D eigenvalue weighted by Gasteiger charge is 2.29. The maximum absolute atomic E-state index is 12.8. The van der Waals surface area contributed by atoms with Crippen molar-refractivity contribution in [3.63, 3.8) is 0 Å². The van der Waals surface area contributed by atoms with Gasteiger partial charge in [0.05, 0.1) is 0 Å². The standard InChI is InChI=1S/C23H32N4O4/c1-15-9-6-7-11-18(15)20-25-19(31-26-20)13-17-10-8-12-27(14-17)21(28)16(2)24-22(29)30-23(3,4)5/h6-7,9,11,16-17H,8,10,12-14H2,1-5H3,(H,24,29). The highest BCUT2D eigenvalue weighted by Crippen LogP contribution is 2.24. The van der Waals surface area contributed by atoms with E-state index in [-0.39, 0.29) is 11.8 Å². The number of piperidine rings is 1. The SMILES string of the molecule is Cc1ccccc1-c1noc(CC2CCCN(C(=O)C(C)NC(=O)OC(C)(C)C)C2)n1. The number of rotatable bonds is 5. The molecule has 0 saturated carbocycles. The van der Waals surface area contributed by atoms with Gasteiger partial charge in [-0.2, -0.15) is 4.98 Å². The number of ether oxygens (including phenoxy) is 1. The van der Waals surface area contributed by atoms with Gasteiger partial charge in [0.25, 0.3) is 0 Å². The fourth-order valence-electron chi connectivity index (χ4n) is 3.77. The van der Waals surface area contributed by atoms with Gasteiger partial charge in [-0.25, -0.2) is 4.79 Å². The van der Waals surface area contributed by atoms with Crippen molar-refractivity contribution < 1.29 is 18.8 Å². The first-order valence-electron chi connectivity index (χ1n) is 10.8. The number of nitrogens with one attached hydrogen (secondary N) is 1. The van der Waals surface area contributed by atoms with E-state index in [4.69, 9.17) is 9.26 Å². The van der Waals surface area contributed by atoms with Gasteiger partial charge in [0.2, 0.25) is 17.6 Å². The summed E-state index contributed by atoms with van der Waals surface area (Å²) in [6, 6.07) is 7.28. The smallest absolute Gasteiger partial charge is 0.408 e. The number of hydrogen-bond donors (Lipinski definition) is 1. The topological polar surface area (TPSA) is 97.6 Å². The summed E-state index contributed by atoms with van der Waals surface area (Å²) in [5, 5.41) is 6.76. The Kier molecular flexibility index (Phi) is 6.97. The van der Waals surface area contributed by atoms with Crippen LogP contribution in [0, 0.1) is 12.8 Å². The zero-order valence-electron chi connectivity index (χ0n) is 19.0. The van der Waals surface area contributed by atoms with E-state index >= 15 is 0 Å². The van der Waals surface area contributed by atoms with Gasteiger partial charge >= 0.3 is 6.09 Å². The second-order valence-electron chi connectivity index (χ2n) is 9.19. The average molecular weight is 429 g/mol. The molecule has 2 atom stereocenters. The highest BCUT2D eigenvalue weighted by atomic mass is 16.6. The quantitative estimate of drug-likeness (QED) is 0.779. The van der Waals surface area contributed by atoms with Crippen LogP contribution in [0.3, 0.4) is 0 Å². The number of amides is 2. The van der Waals surface area contributed by atoms with Crippen molar-refractivity contribution in [1.82, 2.24) is 20.4 Å². The van der Waals surface area contributed by atoms with Gasteiger partial charge in [-0.1, -0.05) is 29.4 Å². The van der Waals surface area contributed by atoms with E-state index in [1.54, 1.807) is 32.6 Å². The number of aryl methyl sites for hydroxylation is 1. The first-order valence-corrected chi connectivity index (χ1v) is 10.8. The number of alkyl carbamates (subject to hydrolysis) is 1. The van der Waals surface area contributed by atoms with E-state index in [9.17, 15) is 9.59 Å². The predicted molar refractivity (Wildman–Crippen MR) is 116 cm³/mol. The Hall–Kier alpha value is -2.90. The Balaban J connectivity index is 1.56. The number of nitrogens with zero attached hydrogens (tertiary/aromatic N) is 3. The molecule has 0 bridgehead atoms. The number of benzene rings is 1. The molecule has 2 unspecified atom stereocenters. The molecule has 2 heterocycles. The number of carbonyl (C=O) groups excluding carboxylic acids is 2. The summed E-state index contributed by atoms with van der Waals surface area (Å²) in [6.45, 7) is 10.3. The Morgan fingerprint density at radius 2 is 2.06 bits per heavy atom. The van der Waals surface area contributed by atoms with Crippen LogP contribution < -0.4 is 5.32 Å². The summed E-state index contributed by atoms with van der Waals surface area (Å²) in [7, 11) is 0. The van der Waals surface area contributed by atoms with Crippen LogP contribution in [0.4, 0.5) is 4.79 Å². The third-order valence-corrected chi connectivity index (χ3v) is 5.25. The van der Waals surface area contributed by atoms with Crippen LogP contribution in [0.2, 0.25) is 0 Å². The molecule has 3 rings (SSSR count). The molecule has 0 radical (unpaired) electrons. The zero-order chi connectivity index (χ0) is 22.6. The number of likely N-dealkylation sites (tertiary alicyclic amines) is 1. The minimum Gasteiger partial charge on any atom is -0.444 e. The summed E-state index contributed by atoms with van der Waals surface area (Å²) in [5.74, 6) is 1.29. The number of hydrogen-bond acceptors (Lipinski definition) is 6. The second kappa shape index (κ2) is 9.49. The molecule has 2 aromatic rings. The molecule has 1 aromatic carbocycles. The Morgan fingerprint density at radius 3 is 2.77 bits per heavy atom. The van der Waals surface area contributed by atoms with Crippen molar-refractivity contribution in [2.75, 3.05) is 13.1 Å². The number of carbonyl (C=O) groups is 2. The summed E-state index contributed by atoms with van der Waals surface area (Å²) in [4.78, 5) is 31.2. The third kappa shape index (κ3) is 6.29. The van der Waals surface area contributed by atoms with Gasteiger partial charge in [0.1, 0.15) is 11.6 Å². The van der Waals surface area contributed by atoms with E-state index in [2.05, 4.69) is 15.5 Å². The van der Waals surface area contributed by atoms with Crippen molar-refractivity contribution in [1.29, 1.82) is 0 Å². The van der Waals surface area contributed by atoms with Crippen LogP contribution in [0.5, 0.6) is 0 Å². The zero-order valence-corrected chi connectivity index (χ0v) is 19.0. The van der Waals surface area contributed by atoms with E-state index < -0.39 is 17.7 Å². The molecule has 8 heteroatoms. The predicted octanol–water partition coefficient (Wildman–Crippen LogP) is 3.74. The molecule has 1 N–H and O–H groups in total. The van der Waals surface area contributed by atoms with Crippen LogP contribution >= 0.6 is 0 Å². The molecule has 2 amide bonds. The van der Waals surface area contributed by atoms with Crippen molar-refractivity contribution in [2.24, 2.45) is 5.92 Å². The fourth-order valence-corrected chi connectivity index (χ4v) is 3.77. The highest BCUT2D eigenvalue weighted by molar-refractivity contribution is 5.85. The Morgan fingerprint density at radius 1 is 1.32 bits per heavy atom. The van der Waals surface area contributed by atoms with Crippen molar-refractivity contribution in [3.8, 4) is 11.4 Å². The lowest BCUT2D eigenvalue weighted by Crippen LogP contribution is -2.51. The molecular formula is C23H32N4O4. The van der Waals surface area contributed by atoms with Crippen molar-refractivity contribution in [2.45, 2.75) is 65.5 Å². The van der Waals surface area contributed by atoms with E-state index in [1.807, 2.05) is 31.2 Å². The van der Waals surface area contributed by atoms with Gasteiger partial charge in [-0.05, 0) is 58.9 Å². The molecule has 0 aliphatic carbocycles. The largest absolute Gasteiger partial charge is 0.444 e. The molecule has 31 heavy (non-hydrogen) atoms. The normalized spacial score (nSPS) is 17.8. The second-order valence-corrected chi connectivity index (χ2v) is 9.19. The first kappa shape index (κ1) is 22.8. The first-order chi connectivity index (χ1) is 14.6. The summed E-state index contributed by atoms with van der Waals surface area (Å²) >= 11 is 0. The van der Waals surface area contributed by atoms with Gasteiger partial charge in [-0.15, -0.1) is 0 Å². The fraction of sp³-hybridized carbons (Fsp3) is 0.565.